The number of aromatic nitrogens is 2. The number of fused-ring (bicyclic) bond motifs is 3. The van der Waals surface area contributed by atoms with Crippen molar-refractivity contribution in [2.75, 3.05) is 0 Å². The molecule has 2 atom stereocenters. The zero-order chi connectivity index (χ0) is 21.4. The molecule has 9 heteroatoms. The highest BCUT2D eigenvalue weighted by Crippen LogP contribution is 2.35. The number of hydrogen-bond acceptors (Lipinski definition) is 5. The second-order valence-corrected chi connectivity index (χ2v) is 9.49. The second-order valence-electron chi connectivity index (χ2n) is 7.56. The summed E-state index contributed by atoms with van der Waals surface area (Å²) in [7, 11) is 0. The van der Waals surface area contributed by atoms with Gasteiger partial charge in [-0.2, -0.15) is 5.10 Å². The number of benzene rings is 1. The number of hydrogen-bond donors (Lipinski definition) is 1. The number of rotatable bonds is 4. The molecule has 0 saturated carbocycles. The molecule has 1 aliphatic carbocycles. The van der Waals surface area contributed by atoms with Crippen molar-refractivity contribution in [3.05, 3.63) is 60.9 Å². The van der Waals surface area contributed by atoms with Crippen LogP contribution in [0.3, 0.4) is 0 Å². The fourth-order valence-corrected chi connectivity index (χ4v) is 5.41. The summed E-state index contributed by atoms with van der Waals surface area (Å²) in [5.74, 6) is 0.196. The summed E-state index contributed by atoms with van der Waals surface area (Å²) in [4.78, 5) is 32.2. The molecular formula is C21H20Cl2N4O2S. The molecule has 1 aliphatic rings. The highest BCUT2D eigenvalue weighted by atomic mass is 35.5. The molecule has 0 saturated heterocycles. The lowest BCUT2D eigenvalue weighted by molar-refractivity contribution is -0.123. The first kappa shape index (κ1) is 21.0. The van der Waals surface area contributed by atoms with Crippen LogP contribution in [0.2, 0.25) is 10.0 Å². The molecule has 2 heterocycles. The molecule has 4 rings (SSSR count). The number of halogens is 2. The molecule has 3 aromatic rings. The van der Waals surface area contributed by atoms with Crippen molar-refractivity contribution in [3.63, 3.8) is 0 Å². The number of carbonyl (C=O) groups excluding carboxylic acids is 1. The predicted octanol–water partition coefficient (Wildman–Crippen LogP) is 4.60. The maximum Gasteiger partial charge on any atom is 0.263 e. The fourth-order valence-electron chi connectivity index (χ4n) is 3.61. The minimum atomic E-state index is -0.759. The van der Waals surface area contributed by atoms with Crippen molar-refractivity contribution in [1.29, 1.82) is 0 Å². The van der Waals surface area contributed by atoms with Gasteiger partial charge in [-0.05, 0) is 49.8 Å². The van der Waals surface area contributed by atoms with E-state index in [2.05, 4.69) is 22.4 Å². The SMILES string of the molecule is C[C@H]1CCc2c(sc3ncn([C@@H](C)C(=O)N/N=C/c4ccc(Cl)cc4Cl)c(=O)c23)C1. The molecule has 30 heavy (non-hydrogen) atoms. The number of nitrogens with one attached hydrogen (secondary N) is 1. The van der Waals surface area contributed by atoms with E-state index in [1.54, 1.807) is 36.5 Å². The van der Waals surface area contributed by atoms with Gasteiger partial charge in [-0.25, -0.2) is 10.4 Å². The van der Waals surface area contributed by atoms with Crippen LogP contribution in [-0.4, -0.2) is 21.7 Å². The monoisotopic (exact) mass is 462 g/mol. The molecule has 1 amide bonds. The smallest absolute Gasteiger partial charge is 0.263 e. The van der Waals surface area contributed by atoms with Gasteiger partial charge < -0.3 is 0 Å². The van der Waals surface area contributed by atoms with Gasteiger partial charge in [-0.15, -0.1) is 11.3 Å². The molecule has 2 aromatic heterocycles. The summed E-state index contributed by atoms with van der Waals surface area (Å²) in [6.07, 6.45) is 5.80. The van der Waals surface area contributed by atoms with Gasteiger partial charge in [0.1, 0.15) is 10.9 Å². The van der Waals surface area contributed by atoms with Crippen LogP contribution in [0.1, 0.15) is 42.3 Å². The summed E-state index contributed by atoms with van der Waals surface area (Å²) in [6, 6.07) is 4.22. The lowest BCUT2D eigenvalue weighted by Crippen LogP contribution is -2.34. The first-order valence-corrected chi connectivity index (χ1v) is 11.2. The van der Waals surface area contributed by atoms with Crippen LogP contribution in [0.5, 0.6) is 0 Å². The minimum Gasteiger partial charge on any atom is -0.286 e. The number of thiophene rings is 1. The van der Waals surface area contributed by atoms with Gasteiger partial charge in [-0.1, -0.05) is 36.2 Å². The molecule has 1 aromatic carbocycles. The number of aryl methyl sites for hydroxylation is 1. The molecule has 0 bridgehead atoms. The molecule has 1 N–H and O–H groups in total. The van der Waals surface area contributed by atoms with Crippen LogP contribution in [0, 0.1) is 5.92 Å². The number of nitrogens with zero attached hydrogens (tertiary/aromatic N) is 3. The van der Waals surface area contributed by atoms with E-state index in [0.717, 1.165) is 29.7 Å². The Morgan fingerprint density at radius 2 is 2.23 bits per heavy atom. The highest BCUT2D eigenvalue weighted by molar-refractivity contribution is 7.18. The van der Waals surface area contributed by atoms with E-state index < -0.39 is 11.9 Å². The maximum absolute atomic E-state index is 13.1. The van der Waals surface area contributed by atoms with Crippen LogP contribution < -0.4 is 11.0 Å². The Kier molecular flexibility index (Phi) is 5.95. The van der Waals surface area contributed by atoms with Gasteiger partial charge >= 0.3 is 0 Å². The minimum absolute atomic E-state index is 0.181. The van der Waals surface area contributed by atoms with Crippen LogP contribution >= 0.6 is 34.5 Å². The lowest BCUT2D eigenvalue weighted by atomic mass is 9.89. The van der Waals surface area contributed by atoms with Crippen molar-refractivity contribution in [2.45, 2.75) is 39.2 Å². The van der Waals surface area contributed by atoms with Gasteiger partial charge in [0, 0.05) is 15.5 Å². The van der Waals surface area contributed by atoms with Crippen molar-refractivity contribution in [3.8, 4) is 0 Å². The molecule has 156 valence electrons. The average molecular weight is 463 g/mol. The van der Waals surface area contributed by atoms with E-state index in [1.807, 2.05) is 0 Å². The molecule has 6 nitrogen and oxygen atoms in total. The topological polar surface area (TPSA) is 76.3 Å². The van der Waals surface area contributed by atoms with Crippen LogP contribution in [0.15, 0.2) is 34.4 Å². The molecule has 0 fully saturated rings. The van der Waals surface area contributed by atoms with Crippen LogP contribution in [0.25, 0.3) is 10.2 Å². The predicted molar refractivity (Wildman–Crippen MR) is 122 cm³/mol. The average Bonchev–Trinajstić information content (AvgIpc) is 3.07. The molecule has 0 aliphatic heterocycles. The van der Waals surface area contributed by atoms with Gasteiger partial charge in [-0.3, -0.25) is 14.2 Å². The Bertz CT molecular complexity index is 1220. The highest BCUT2D eigenvalue weighted by Gasteiger charge is 2.25. The first-order valence-electron chi connectivity index (χ1n) is 9.64. The third-order valence-corrected chi connectivity index (χ3v) is 7.10. The van der Waals surface area contributed by atoms with Crippen LogP contribution in [-0.2, 0) is 17.6 Å². The van der Waals surface area contributed by atoms with E-state index in [4.69, 9.17) is 23.2 Å². The van der Waals surface area contributed by atoms with Crippen molar-refractivity contribution in [1.82, 2.24) is 15.0 Å². The Morgan fingerprint density at radius 1 is 1.43 bits per heavy atom. The van der Waals surface area contributed by atoms with Gasteiger partial charge in [0.25, 0.3) is 11.5 Å². The summed E-state index contributed by atoms with van der Waals surface area (Å²) in [6.45, 7) is 3.87. The third-order valence-electron chi connectivity index (χ3n) is 5.38. The van der Waals surface area contributed by atoms with E-state index >= 15 is 0 Å². The number of hydrazone groups is 1. The third kappa shape index (κ3) is 4.02. The van der Waals surface area contributed by atoms with Gasteiger partial charge in [0.15, 0.2) is 0 Å². The van der Waals surface area contributed by atoms with Crippen molar-refractivity contribution >= 4 is 56.9 Å². The standard InChI is InChI=1S/C21H20Cl2N4O2S/c1-11-3-6-15-17(7-11)30-20-18(15)21(29)27(10-24-20)12(2)19(28)26-25-9-13-4-5-14(22)8-16(13)23/h4-5,8-12H,3,6-7H2,1-2H3,(H,26,28)/b25-9+/t11-,12-/m0/s1. The quantitative estimate of drug-likeness (QED) is 0.454. The maximum atomic E-state index is 13.1. The molecular weight excluding hydrogens is 443 g/mol. The van der Waals surface area contributed by atoms with E-state index in [1.165, 1.54) is 22.0 Å². The molecule has 0 unspecified atom stereocenters. The lowest BCUT2D eigenvalue weighted by Gasteiger charge is -2.18. The normalized spacial score (nSPS) is 17.3. The number of amides is 1. The van der Waals surface area contributed by atoms with E-state index in [0.29, 0.717) is 26.9 Å². The van der Waals surface area contributed by atoms with Gasteiger partial charge in [0.2, 0.25) is 0 Å². The Balaban J connectivity index is 1.56. The van der Waals surface area contributed by atoms with Crippen LogP contribution in [0.4, 0.5) is 0 Å². The molecule has 0 spiro atoms. The first-order chi connectivity index (χ1) is 14.3. The Hall–Kier alpha value is -2.22. The van der Waals surface area contributed by atoms with Crippen molar-refractivity contribution < 1.29 is 4.79 Å². The molecule has 0 radical (unpaired) electrons. The van der Waals surface area contributed by atoms with Gasteiger partial charge in [0.05, 0.1) is 23.0 Å². The van der Waals surface area contributed by atoms with Crippen molar-refractivity contribution in [2.24, 2.45) is 11.0 Å². The number of carbonyl (C=O) groups is 1. The summed E-state index contributed by atoms with van der Waals surface area (Å²) in [5, 5.41) is 5.55. The Labute approximate surface area is 187 Å². The fraction of sp³-hybridized carbons (Fsp3) is 0.333. The van der Waals surface area contributed by atoms with E-state index in [9.17, 15) is 9.59 Å². The Morgan fingerprint density at radius 3 is 3.00 bits per heavy atom. The summed E-state index contributed by atoms with van der Waals surface area (Å²) < 4.78 is 1.37. The zero-order valence-corrected chi connectivity index (χ0v) is 18.8. The second kappa shape index (κ2) is 8.49. The summed E-state index contributed by atoms with van der Waals surface area (Å²) in [5.41, 5.74) is 4.00. The summed E-state index contributed by atoms with van der Waals surface area (Å²) >= 11 is 13.6. The zero-order valence-electron chi connectivity index (χ0n) is 16.5. The van der Waals surface area contributed by atoms with E-state index in [-0.39, 0.29) is 5.56 Å². The largest absolute Gasteiger partial charge is 0.286 e.